The molecular formula is C57H61N3O13PS3+. The third kappa shape index (κ3) is 13.0. The van der Waals surface area contributed by atoms with Crippen molar-refractivity contribution < 1.29 is 58.1 Å². The topological polar surface area (TPSA) is 238 Å². The summed E-state index contributed by atoms with van der Waals surface area (Å²) in [6.07, 6.45) is 10.9. The smallest absolute Gasteiger partial charge is 0.319 e. The maximum Gasteiger partial charge on any atom is 0.715 e. The zero-order valence-electron chi connectivity index (χ0n) is 42.2. The molecule has 16 nitrogen and oxygen atoms in total. The maximum absolute atomic E-state index is 14.0. The molecule has 0 heterocycles. The van der Waals surface area contributed by atoms with E-state index < -0.39 is 71.2 Å². The summed E-state index contributed by atoms with van der Waals surface area (Å²) in [6, 6.07) is 35.4. The third-order valence-corrected chi connectivity index (χ3v) is 22.4. The van der Waals surface area contributed by atoms with Gasteiger partial charge in [-0.05, 0) is 130 Å². The summed E-state index contributed by atoms with van der Waals surface area (Å²) in [5.41, 5.74) is 0.155. The molecule has 0 bridgehead atoms. The summed E-state index contributed by atoms with van der Waals surface area (Å²) in [7, 11) is -16.1. The molecule has 20 heteroatoms. The quantitative estimate of drug-likeness (QED) is 0.0587. The van der Waals surface area contributed by atoms with E-state index in [0.717, 1.165) is 57.8 Å². The highest BCUT2D eigenvalue weighted by Crippen LogP contribution is 2.60. The lowest BCUT2D eigenvalue weighted by Gasteiger charge is -2.22. The van der Waals surface area contributed by atoms with Crippen molar-refractivity contribution >= 4 is 72.5 Å². The number of hydrogen-bond donors (Lipinski definition) is 4. The molecule has 0 atom stereocenters. The Hall–Kier alpha value is -6.63. The molecule has 3 aliphatic carbocycles. The number of benzene rings is 6. The second-order valence-electron chi connectivity index (χ2n) is 19.6. The van der Waals surface area contributed by atoms with Gasteiger partial charge in [-0.15, -0.1) is 4.89 Å². The van der Waals surface area contributed by atoms with Crippen LogP contribution in [0, 0.1) is 0 Å². The lowest BCUT2D eigenvalue weighted by Crippen LogP contribution is -2.24. The van der Waals surface area contributed by atoms with E-state index in [2.05, 4.69) is 16.0 Å². The van der Waals surface area contributed by atoms with Crippen molar-refractivity contribution in [3.8, 4) is 17.2 Å². The van der Waals surface area contributed by atoms with Crippen LogP contribution in [0.25, 0.3) is 0 Å². The molecule has 0 unspecified atom stereocenters. The number of hydrogen-bond acceptors (Lipinski definition) is 13. The first-order valence-corrected chi connectivity index (χ1v) is 32.1. The largest absolute Gasteiger partial charge is 0.715 e. The van der Waals surface area contributed by atoms with Crippen LogP contribution < -0.4 is 29.5 Å². The highest BCUT2D eigenvalue weighted by molar-refractivity contribution is 7.92. The van der Waals surface area contributed by atoms with Crippen molar-refractivity contribution in [2.75, 3.05) is 16.0 Å². The number of nitrogens with one attached hydrogen (secondary N) is 3. The van der Waals surface area contributed by atoms with Crippen LogP contribution in [0.1, 0.15) is 127 Å². The van der Waals surface area contributed by atoms with E-state index in [1.807, 2.05) is 0 Å². The minimum atomic E-state index is -4.89. The Labute approximate surface area is 450 Å². The molecule has 404 valence electrons. The average Bonchev–Trinajstić information content (AvgIpc) is 3.45. The zero-order valence-corrected chi connectivity index (χ0v) is 45.6. The minimum Gasteiger partial charge on any atom is -0.319 e. The molecule has 9 rings (SSSR count). The van der Waals surface area contributed by atoms with Crippen LogP contribution in [0.4, 0.5) is 17.1 Å². The molecule has 0 radical (unpaired) electrons. The highest BCUT2D eigenvalue weighted by atomic mass is 32.2. The van der Waals surface area contributed by atoms with E-state index >= 15 is 0 Å². The van der Waals surface area contributed by atoms with E-state index in [9.17, 15) is 44.5 Å². The summed E-state index contributed by atoms with van der Waals surface area (Å²) < 4.78 is 101. The van der Waals surface area contributed by atoms with Crippen molar-refractivity contribution in [3.63, 3.8) is 0 Å². The van der Waals surface area contributed by atoms with E-state index in [1.54, 1.807) is 36.4 Å². The Balaban J connectivity index is 1.02. The van der Waals surface area contributed by atoms with Crippen LogP contribution in [0.2, 0.25) is 0 Å². The zero-order chi connectivity index (χ0) is 54.2. The van der Waals surface area contributed by atoms with Crippen LogP contribution in [0.5, 0.6) is 17.2 Å². The normalized spacial score (nSPS) is 16.2. The molecule has 0 spiro atoms. The molecular weight excluding hydrogens is 1060 g/mol. The molecule has 3 amide bonds. The van der Waals surface area contributed by atoms with Crippen LogP contribution in [0.3, 0.4) is 0 Å². The van der Waals surface area contributed by atoms with Gasteiger partial charge in [-0.2, -0.15) is 0 Å². The number of sulfone groups is 3. The predicted molar refractivity (Wildman–Crippen MR) is 296 cm³/mol. The predicted octanol–water partition coefficient (Wildman–Crippen LogP) is 12.0. The molecule has 0 aliphatic heterocycles. The van der Waals surface area contributed by atoms with Gasteiger partial charge in [-0.25, -0.2) is 38.8 Å². The molecule has 0 saturated heterocycles. The second-order valence-corrected chi connectivity index (χ2v) is 27.8. The third-order valence-electron chi connectivity index (χ3n) is 14.3. The van der Waals surface area contributed by atoms with Crippen molar-refractivity contribution in [1.82, 2.24) is 0 Å². The molecule has 3 fully saturated rings. The summed E-state index contributed by atoms with van der Waals surface area (Å²) >= 11 is 0. The molecule has 3 saturated carbocycles. The number of para-hydroxylation sites is 6. The van der Waals surface area contributed by atoms with Crippen LogP contribution in [-0.2, 0) is 29.5 Å². The summed E-state index contributed by atoms with van der Waals surface area (Å²) in [5.74, 6) is -2.60. The summed E-state index contributed by atoms with van der Waals surface area (Å²) in [5, 5.41) is 6.61. The van der Waals surface area contributed by atoms with Crippen molar-refractivity contribution in [2.24, 2.45) is 0 Å². The van der Waals surface area contributed by atoms with Gasteiger partial charge in [0.05, 0.1) is 47.5 Å². The van der Waals surface area contributed by atoms with Crippen molar-refractivity contribution in [3.05, 3.63) is 162 Å². The molecule has 6 aromatic carbocycles. The van der Waals surface area contributed by atoms with Crippen molar-refractivity contribution in [1.29, 1.82) is 0 Å². The average molecular weight is 1120 g/mol. The lowest BCUT2D eigenvalue weighted by atomic mass is 10.0. The van der Waals surface area contributed by atoms with E-state index in [1.165, 1.54) is 109 Å². The Kier molecular flexibility index (Phi) is 17.1. The molecule has 0 aromatic heterocycles. The van der Waals surface area contributed by atoms with E-state index in [4.69, 9.17) is 13.6 Å². The second kappa shape index (κ2) is 23.9. The maximum atomic E-state index is 14.0. The Morgan fingerprint density at radius 1 is 0.377 bits per heavy atom. The van der Waals surface area contributed by atoms with Gasteiger partial charge in [0.1, 0.15) is 0 Å². The van der Waals surface area contributed by atoms with Gasteiger partial charge in [0.2, 0.25) is 17.2 Å². The fraction of sp³-hybridized carbons (Fsp3) is 0.316. The fourth-order valence-corrected chi connectivity index (χ4v) is 17.1. The Bertz CT molecular complexity index is 3120. The monoisotopic (exact) mass is 1120 g/mol. The number of carbonyl (C=O) groups excluding carboxylic acids is 3. The van der Waals surface area contributed by atoms with E-state index in [-0.39, 0.29) is 65.7 Å². The van der Waals surface area contributed by atoms with Crippen molar-refractivity contribution in [2.45, 2.75) is 127 Å². The standard InChI is InChI=1S/C57H60N3O13PS3/c61-55(40-19-16-28-46(37-40)75(65,66)43-22-4-1-5-23-43)58-49-31-10-13-34-52(49)71-74(64,72-53-35-14-11-32-50(53)59-56(62)41-20-17-29-47(38-41)76(67,68)44-24-6-2-7-25-44)73-54-36-15-12-33-51(54)60-57(63)42-21-18-30-48(39-42)77(69,70)45-26-8-3-9-27-45/h10-21,28-39,43-45,64H,1-9,22-27H2,(H2-,58,59,60,61,62,63)/p+1. The van der Waals surface area contributed by atoms with Gasteiger partial charge in [0.15, 0.2) is 29.5 Å². The first kappa shape index (κ1) is 55.1. The van der Waals surface area contributed by atoms with Crippen LogP contribution in [-0.4, -0.2) is 63.6 Å². The van der Waals surface area contributed by atoms with Gasteiger partial charge in [0, 0.05) is 16.7 Å². The summed E-state index contributed by atoms with van der Waals surface area (Å²) in [4.78, 5) is 54.8. The molecule has 3 aliphatic rings. The first-order valence-electron chi connectivity index (χ1n) is 25.9. The number of anilines is 3. The van der Waals surface area contributed by atoms with Gasteiger partial charge in [-0.1, -0.05) is 112 Å². The van der Waals surface area contributed by atoms with Crippen LogP contribution in [0.15, 0.2) is 160 Å². The van der Waals surface area contributed by atoms with Gasteiger partial charge >= 0.3 is 8.17 Å². The van der Waals surface area contributed by atoms with Crippen LogP contribution >= 0.6 is 8.17 Å². The van der Waals surface area contributed by atoms with Gasteiger partial charge in [0.25, 0.3) is 17.7 Å². The van der Waals surface area contributed by atoms with E-state index in [0.29, 0.717) is 38.5 Å². The SMILES string of the molecule is O=C(Nc1ccccc1O[P+](O)(Oc1ccccc1NC(=O)c1cccc(S(=O)(=O)C2CCCCC2)c1)Oc1ccccc1NC(=O)c1cccc(S(=O)(=O)C2CCCCC2)c1)c1cccc(S(=O)(=O)C2CCCCC2)c1. The number of carbonyl (C=O) groups is 3. The summed E-state index contributed by atoms with van der Waals surface area (Å²) in [6.45, 7) is 0. The van der Waals surface area contributed by atoms with Gasteiger partial charge < -0.3 is 16.0 Å². The molecule has 77 heavy (non-hydrogen) atoms. The van der Waals surface area contributed by atoms with Gasteiger partial charge in [-0.3, -0.25) is 14.4 Å². The highest BCUT2D eigenvalue weighted by Gasteiger charge is 2.52. The lowest BCUT2D eigenvalue weighted by molar-refractivity contribution is 0.101. The molecule has 4 N–H and O–H groups in total. The fourth-order valence-electron chi connectivity index (χ4n) is 10.1. The minimum absolute atomic E-state index is 0.0120. The first-order chi connectivity index (χ1) is 37.0. The number of amides is 3. The molecule has 6 aromatic rings. The Morgan fingerprint density at radius 3 is 0.909 bits per heavy atom. The Morgan fingerprint density at radius 2 is 0.636 bits per heavy atom. The number of rotatable bonds is 18.